The second kappa shape index (κ2) is 9.35. The summed E-state index contributed by atoms with van der Waals surface area (Å²) in [5.74, 6) is 0. The molecule has 6 heteroatoms. The van der Waals surface area contributed by atoms with Gasteiger partial charge in [0, 0.05) is 33.3 Å². The average Bonchev–Trinajstić information content (AvgIpc) is 2.54. The van der Waals surface area contributed by atoms with Crippen molar-refractivity contribution in [2.75, 3.05) is 33.4 Å². The molecule has 1 fully saturated rings. The zero-order valence-electron chi connectivity index (χ0n) is 16.4. The van der Waals surface area contributed by atoms with Crippen LogP contribution in [0.2, 0.25) is 0 Å². The molecule has 1 aliphatic rings. The van der Waals surface area contributed by atoms with Gasteiger partial charge in [-0.25, -0.2) is 4.79 Å². The van der Waals surface area contributed by atoms with E-state index in [1.165, 1.54) is 5.56 Å². The van der Waals surface area contributed by atoms with Gasteiger partial charge < -0.3 is 19.5 Å². The van der Waals surface area contributed by atoms with Crippen LogP contribution in [0.25, 0.3) is 0 Å². The summed E-state index contributed by atoms with van der Waals surface area (Å²) in [6, 6.07) is 10.2. The maximum Gasteiger partial charge on any atom is 0.410 e. The Kier molecular flexibility index (Phi) is 7.43. The van der Waals surface area contributed by atoms with Gasteiger partial charge in [0.15, 0.2) is 0 Å². The van der Waals surface area contributed by atoms with Crippen molar-refractivity contribution in [1.82, 2.24) is 9.80 Å². The first kappa shape index (κ1) is 20.7. The van der Waals surface area contributed by atoms with Crippen LogP contribution in [0.3, 0.4) is 0 Å². The van der Waals surface area contributed by atoms with Crippen LogP contribution in [0.1, 0.15) is 32.8 Å². The zero-order chi connectivity index (χ0) is 19.2. The van der Waals surface area contributed by atoms with E-state index in [4.69, 9.17) is 9.47 Å². The molecule has 26 heavy (non-hydrogen) atoms. The number of aliphatic hydroxyl groups is 1. The fourth-order valence-corrected chi connectivity index (χ4v) is 3.24. The summed E-state index contributed by atoms with van der Waals surface area (Å²) in [6.07, 6.45) is -0.448. The molecule has 1 unspecified atom stereocenters. The number of rotatable bonds is 6. The van der Waals surface area contributed by atoms with Gasteiger partial charge >= 0.3 is 6.09 Å². The minimum Gasteiger partial charge on any atom is -0.444 e. The Morgan fingerprint density at radius 1 is 1.27 bits per heavy atom. The molecule has 1 saturated heterocycles. The van der Waals surface area contributed by atoms with Crippen molar-refractivity contribution in [1.29, 1.82) is 0 Å². The fourth-order valence-electron chi connectivity index (χ4n) is 3.24. The predicted molar refractivity (Wildman–Crippen MR) is 101 cm³/mol. The SMILES string of the molecule is COCC(O)C[C@@H]1CN(Cc2ccccc2)CCN1C(=O)OC(C)(C)C. The lowest BCUT2D eigenvalue weighted by atomic mass is 10.0. The van der Waals surface area contributed by atoms with E-state index in [0.29, 0.717) is 19.5 Å². The summed E-state index contributed by atoms with van der Waals surface area (Å²) in [6.45, 7) is 8.77. The monoisotopic (exact) mass is 364 g/mol. The van der Waals surface area contributed by atoms with Gasteiger partial charge in [0.25, 0.3) is 0 Å². The van der Waals surface area contributed by atoms with E-state index >= 15 is 0 Å². The van der Waals surface area contributed by atoms with Gasteiger partial charge in [-0.15, -0.1) is 0 Å². The van der Waals surface area contributed by atoms with Crippen LogP contribution in [-0.2, 0) is 16.0 Å². The molecule has 1 heterocycles. The average molecular weight is 364 g/mol. The lowest BCUT2D eigenvalue weighted by Crippen LogP contribution is -2.56. The normalized spacial score (nSPS) is 20.0. The Bertz CT molecular complexity index is 559. The van der Waals surface area contributed by atoms with Crippen molar-refractivity contribution in [2.24, 2.45) is 0 Å². The number of ether oxygens (including phenoxy) is 2. The molecule has 0 radical (unpaired) electrons. The summed E-state index contributed by atoms with van der Waals surface area (Å²) in [5.41, 5.74) is 0.711. The third-order valence-corrected chi connectivity index (χ3v) is 4.35. The topological polar surface area (TPSA) is 62.2 Å². The largest absolute Gasteiger partial charge is 0.444 e. The summed E-state index contributed by atoms with van der Waals surface area (Å²) in [4.78, 5) is 16.7. The van der Waals surface area contributed by atoms with Gasteiger partial charge in [-0.2, -0.15) is 0 Å². The number of carbonyl (C=O) groups excluding carboxylic acids is 1. The predicted octanol–water partition coefficient (Wildman–Crippen LogP) is 2.51. The van der Waals surface area contributed by atoms with E-state index in [-0.39, 0.29) is 18.7 Å². The zero-order valence-corrected chi connectivity index (χ0v) is 16.4. The Balaban J connectivity index is 2.04. The number of hydrogen-bond donors (Lipinski definition) is 1. The molecule has 0 saturated carbocycles. The highest BCUT2D eigenvalue weighted by atomic mass is 16.6. The minimum atomic E-state index is -0.605. The van der Waals surface area contributed by atoms with Crippen LogP contribution in [-0.4, -0.2) is 72.1 Å². The summed E-state index contributed by atoms with van der Waals surface area (Å²) >= 11 is 0. The molecule has 0 aliphatic carbocycles. The molecule has 1 amide bonds. The number of methoxy groups -OCH3 is 1. The van der Waals surface area contributed by atoms with E-state index in [0.717, 1.165) is 13.1 Å². The lowest BCUT2D eigenvalue weighted by molar-refractivity contribution is -0.0191. The van der Waals surface area contributed by atoms with Crippen molar-refractivity contribution in [2.45, 2.75) is 51.5 Å². The number of aliphatic hydroxyl groups excluding tert-OH is 1. The molecule has 0 spiro atoms. The third kappa shape index (κ3) is 6.59. The summed E-state index contributed by atoms with van der Waals surface area (Å²) in [7, 11) is 1.57. The first-order chi connectivity index (χ1) is 12.3. The van der Waals surface area contributed by atoms with E-state index in [9.17, 15) is 9.90 Å². The molecule has 1 aromatic rings. The smallest absolute Gasteiger partial charge is 0.410 e. The first-order valence-corrected chi connectivity index (χ1v) is 9.21. The van der Waals surface area contributed by atoms with Crippen molar-refractivity contribution < 1.29 is 19.4 Å². The van der Waals surface area contributed by atoms with Gasteiger partial charge in [0.1, 0.15) is 5.60 Å². The van der Waals surface area contributed by atoms with Gasteiger partial charge in [-0.3, -0.25) is 4.90 Å². The molecule has 2 rings (SSSR count). The van der Waals surface area contributed by atoms with E-state index < -0.39 is 11.7 Å². The summed E-state index contributed by atoms with van der Waals surface area (Å²) < 4.78 is 10.6. The van der Waals surface area contributed by atoms with Crippen molar-refractivity contribution in [3.63, 3.8) is 0 Å². The Labute approximate surface area is 156 Å². The number of carbonyl (C=O) groups is 1. The molecule has 2 atom stereocenters. The van der Waals surface area contributed by atoms with Gasteiger partial charge in [0.2, 0.25) is 0 Å². The summed E-state index contributed by atoms with van der Waals surface area (Å²) in [5, 5.41) is 10.2. The van der Waals surface area contributed by atoms with Crippen molar-refractivity contribution in [3.8, 4) is 0 Å². The second-order valence-electron chi connectivity index (χ2n) is 7.89. The second-order valence-corrected chi connectivity index (χ2v) is 7.89. The highest BCUT2D eigenvalue weighted by Gasteiger charge is 2.34. The number of hydrogen-bond acceptors (Lipinski definition) is 5. The number of nitrogens with zero attached hydrogens (tertiary/aromatic N) is 2. The number of piperazine rings is 1. The molecule has 1 aliphatic heterocycles. The van der Waals surface area contributed by atoms with Crippen LogP contribution in [0.4, 0.5) is 4.79 Å². The van der Waals surface area contributed by atoms with E-state index in [1.807, 2.05) is 39.0 Å². The minimum absolute atomic E-state index is 0.104. The molecule has 1 aromatic carbocycles. The number of amides is 1. The molecule has 1 N–H and O–H groups in total. The standard InChI is InChI=1S/C20H32N2O4/c1-20(2,3)26-19(24)22-11-10-21(13-16-8-6-5-7-9-16)14-17(22)12-18(23)15-25-4/h5-9,17-18,23H,10-15H2,1-4H3/t17-,18?/m1/s1. The molecule has 146 valence electrons. The third-order valence-electron chi connectivity index (χ3n) is 4.35. The highest BCUT2D eigenvalue weighted by Crippen LogP contribution is 2.20. The van der Waals surface area contributed by atoms with E-state index in [2.05, 4.69) is 17.0 Å². The fraction of sp³-hybridized carbons (Fsp3) is 0.650. The van der Waals surface area contributed by atoms with Crippen LogP contribution < -0.4 is 0 Å². The Morgan fingerprint density at radius 3 is 2.58 bits per heavy atom. The lowest BCUT2D eigenvalue weighted by Gasteiger charge is -2.42. The Morgan fingerprint density at radius 2 is 1.96 bits per heavy atom. The first-order valence-electron chi connectivity index (χ1n) is 9.21. The van der Waals surface area contributed by atoms with Gasteiger partial charge in [0.05, 0.1) is 18.8 Å². The van der Waals surface area contributed by atoms with Gasteiger partial charge in [-0.05, 0) is 32.8 Å². The number of benzene rings is 1. The maximum absolute atomic E-state index is 12.6. The molecular formula is C20H32N2O4. The molecule has 0 bridgehead atoms. The molecule has 0 aromatic heterocycles. The van der Waals surface area contributed by atoms with Crippen LogP contribution in [0, 0.1) is 0 Å². The van der Waals surface area contributed by atoms with E-state index in [1.54, 1.807) is 12.0 Å². The van der Waals surface area contributed by atoms with Crippen LogP contribution in [0.5, 0.6) is 0 Å². The molecule has 6 nitrogen and oxygen atoms in total. The van der Waals surface area contributed by atoms with Crippen molar-refractivity contribution in [3.05, 3.63) is 35.9 Å². The maximum atomic E-state index is 12.6. The highest BCUT2D eigenvalue weighted by molar-refractivity contribution is 5.68. The quantitative estimate of drug-likeness (QED) is 0.840. The molecular weight excluding hydrogens is 332 g/mol. The van der Waals surface area contributed by atoms with Crippen molar-refractivity contribution >= 4 is 6.09 Å². The van der Waals surface area contributed by atoms with Crippen LogP contribution >= 0.6 is 0 Å². The van der Waals surface area contributed by atoms with Crippen LogP contribution in [0.15, 0.2) is 30.3 Å². The van der Waals surface area contributed by atoms with Gasteiger partial charge in [-0.1, -0.05) is 30.3 Å². The Hall–Kier alpha value is -1.63.